The number of alkyl halides is 2. The maximum Gasteiger partial charge on any atom is 0.387 e. The van der Waals surface area contributed by atoms with E-state index in [1.54, 1.807) is 6.07 Å². The minimum absolute atomic E-state index is 0.0331. The van der Waals surface area contributed by atoms with Crippen molar-refractivity contribution in [3.8, 4) is 5.75 Å². The predicted molar refractivity (Wildman–Crippen MR) is 64.1 cm³/mol. The van der Waals surface area contributed by atoms with E-state index in [0.717, 1.165) is 12.8 Å². The van der Waals surface area contributed by atoms with Crippen LogP contribution in [0.25, 0.3) is 0 Å². The zero-order valence-electron chi connectivity index (χ0n) is 10.2. The summed E-state index contributed by atoms with van der Waals surface area (Å²) >= 11 is 0. The molecule has 1 saturated carbocycles. The van der Waals surface area contributed by atoms with Gasteiger partial charge < -0.3 is 15.2 Å². The summed E-state index contributed by atoms with van der Waals surface area (Å²) in [6, 6.07) is 5.77. The number of rotatable bonds is 6. The van der Waals surface area contributed by atoms with Crippen molar-refractivity contribution in [1.29, 1.82) is 0 Å². The Morgan fingerprint density at radius 3 is 2.74 bits per heavy atom. The summed E-state index contributed by atoms with van der Waals surface area (Å²) in [6.07, 6.45) is 1.34. The van der Waals surface area contributed by atoms with E-state index >= 15 is 0 Å². The van der Waals surface area contributed by atoms with Gasteiger partial charge in [-0.05, 0) is 30.9 Å². The van der Waals surface area contributed by atoms with Gasteiger partial charge in [0, 0.05) is 6.54 Å². The number of hydrogen-bond donors (Lipinski definition) is 2. The highest BCUT2D eigenvalue weighted by Gasteiger charge is 2.30. The molecule has 1 fully saturated rings. The zero-order valence-corrected chi connectivity index (χ0v) is 10.2. The molecule has 1 aliphatic carbocycles. The summed E-state index contributed by atoms with van der Waals surface area (Å²) in [7, 11) is 0. The minimum atomic E-state index is -2.98. The van der Waals surface area contributed by atoms with Crippen molar-refractivity contribution in [3.05, 3.63) is 29.8 Å². The summed E-state index contributed by atoms with van der Waals surface area (Å²) < 4.78 is 28.7. The highest BCUT2D eigenvalue weighted by molar-refractivity contribution is 5.96. The quantitative estimate of drug-likeness (QED) is 0.829. The molecule has 0 bridgehead atoms. The van der Waals surface area contributed by atoms with Gasteiger partial charge >= 0.3 is 6.61 Å². The molecular weight excluding hydrogens is 256 g/mol. The Balaban J connectivity index is 1.97. The molecule has 19 heavy (non-hydrogen) atoms. The maximum atomic E-state index is 12.2. The number of amides is 1. The normalized spacial score (nSPS) is 16.2. The molecule has 1 aliphatic rings. The van der Waals surface area contributed by atoms with E-state index in [1.165, 1.54) is 18.2 Å². The van der Waals surface area contributed by atoms with Crippen LogP contribution in [0.1, 0.15) is 23.2 Å². The van der Waals surface area contributed by atoms with Gasteiger partial charge in [0.1, 0.15) is 5.75 Å². The Kier molecular flexibility index (Phi) is 4.31. The number of aliphatic hydroxyl groups excluding tert-OH is 1. The van der Waals surface area contributed by atoms with Crippen LogP contribution >= 0.6 is 0 Å². The van der Waals surface area contributed by atoms with Crippen LogP contribution in [-0.2, 0) is 0 Å². The number of carbonyl (C=O) groups excluding carboxylic acids is 1. The molecule has 0 spiro atoms. The van der Waals surface area contributed by atoms with Gasteiger partial charge in [0.05, 0.1) is 11.7 Å². The van der Waals surface area contributed by atoms with Crippen LogP contribution < -0.4 is 10.1 Å². The van der Waals surface area contributed by atoms with Crippen molar-refractivity contribution < 1.29 is 23.4 Å². The lowest BCUT2D eigenvalue weighted by Gasteiger charge is -2.13. The molecule has 6 heteroatoms. The molecule has 0 aliphatic heterocycles. The molecule has 0 saturated heterocycles. The fourth-order valence-electron chi connectivity index (χ4n) is 1.79. The molecular formula is C13H15F2NO3. The fourth-order valence-corrected chi connectivity index (χ4v) is 1.79. The lowest BCUT2D eigenvalue weighted by atomic mass is 10.1. The van der Waals surface area contributed by atoms with Gasteiger partial charge in [-0.1, -0.05) is 12.1 Å². The summed E-state index contributed by atoms with van der Waals surface area (Å²) in [5.41, 5.74) is 0.0331. The van der Waals surface area contributed by atoms with Crippen molar-refractivity contribution in [2.75, 3.05) is 6.54 Å². The molecule has 4 nitrogen and oxygen atoms in total. The van der Waals surface area contributed by atoms with E-state index in [0.29, 0.717) is 0 Å². The van der Waals surface area contributed by atoms with E-state index < -0.39 is 18.6 Å². The number of nitrogens with one attached hydrogen (secondary N) is 1. The Hall–Kier alpha value is -1.69. The molecule has 0 heterocycles. The number of aliphatic hydroxyl groups is 1. The number of benzene rings is 1. The average molecular weight is 271 g/mol. The molecule has 104 valence electrons. The Labute approximate surface area is 109 Å². The average Bonchev–Trinajstić information content (AvgIpc) is 3.19. The van der Waals surface area contributed by atoms with Gasteiger partial charge in [0.15, 0.2) is 0 Å². The molecule has 1 unspecified atom stereocenters. The molecule has 1 amide bonds. The summed E-state index contributed by atoms with van der Waals surface area (Å²) in [6.45, 7) is -2.86. The highest BCUT2D eigenvalue weighted by Crippen LogP contribution is 2.32. The first kappa shape index (κ1) is 13.7. The molecule has 1 atom stereocenters. The topological polar surface area (TPSA) is 58.6 Å². The predicted octanol–water partition coefficient (Wildman–Crippen LogP) is 1.79. The SMILES string of the molecule is O=C(NCC(O)C1CC1)c1ccccc1OC(F)F. The fraction of sp³-hybridized carbons (Fsp3) is 0.462. The number of halogens is 2. The van der Waals surface area contributed by atoms with Crippen LogP contribution in [0, 0.1) is 5.92 Å². The molecule has 1 aromatic carbocycles. The van der Waals surface area contributed by atoms with Crippen molar-refractivity contribution in [1.82, 2.24) is 5.32 Å². The highest BCUT2D eigenvalue weighted by atomic mass is 19.3. The van der Waals surface area contributed by atoms with E-state index in [9.17, 15) is 18.7 Å². The molecule has 0 radical (unpaired) electrons. The smallest absolute Gasteiger partial charge is 0.387 e. The van der Waals surface area contributed by atoms with E-state index in [1.807, 2.05) is 0 Å². The number of ether oxygens (including phenoxy) is 1. The minimum Gasteiger partial charge on any atom is -0.434 e. The summed E-state index contributed by atoms with van der Waals surface area (Å²) in [4.78, 5) is 11.8. The van der Waals surface area contributed by atoms with Gasteiger partial charge in [-0.3, -0.25) is 4.79 Å². The maximum absolute atomic E-state index is 12.2. The second-order valence-corrected chi connectivity index (χ2v) is 4.49. The molecule has 2 rings (SSSR count). The third kappa shape index (κ3) is 3.89. The first-order valence-corrected chi connectivity index (χ1v) is 6.08. The lowest BCUT2D eigenvalue weighted by molar-refractivity contribution is -0.0501. The summed E-state index contributed by atoms with van der Waals surface area (Å²) in [5, 5.41) is 12.2. The van der Waals surface area contributed by atoms with Crippen molar-refractivity contribution >= 4 is 5.91 Å². The van der Waals surface area contributed by atoms with E-state index in [-0.39, 0.29) is 23.8 Å². The Bertz CT molecular complexity index is 449. The third-order valence-corrected chi connectivity index (χ3v) is 2.99. The van der Waals surface area contributed by atoms with Crippen LogP contribution in [0.15, 0.2) is 24.3 Å². The van der Waals surface area contributed by atoms with Crippen LogP contribution in [-0.4, -0.2) is 30.3 Å². The van der Waals surface area contributed by atoms with Gasteiger partial charge in [-0.2, -0.15) is 8.78 Å². The largest absolute Gasteiger partial charge is 0.434 e. The molecule has 1 aromatic rings. The van der Waals surface area contributed by atoms with Crippen molar-refractivity contribution in [2.24, 2.45) is 5.92 Å². The van der Waals surface area contributed by atoms with Gasteiger partial charge in [0.2, 0.25) is 0 Å². The van der Waals surface area contributed by atoms with Crippen LogP contribution in [0.3, 0.4) is 0 Å². The van der Waals surface area contributed by atoms with Crippen LogP contribution in [0.5, 0.6) is 5.75 Å². The van der Waals surface area contributed by atoms with Crippen molar-refractivity contribution in [3.63, 3.8) is 0 Å². The zero-order chi connectivity index (χ0) is 13.8. The first-order valence-electron chi connectivity index (χ1n) is 6.08. The standard InChI is InChI=1S/C13H15F2NO3/c14-13(15)19-11-4-2-1-3-9(11)12(18)16-7-10(17)8-5-6-8/h1-4,8,10,13,17H,5-7H2,(H,16,18). The van der Waals surface area contributed by atoms with E-state index in [2.05, 4.69) is 10.1 Å². The van der Waals surface area contributed by atoms with Crippen molar-refractivity contribution in [2.45, 2.75) is 25.6 Å². The van der Waals surface area contributed by atoms with Crippen LogP contribution in [0.4, 0.5) is 8.78 Å². The van der Waals surface area contributed by atoms with E-state index in [4.69, 9.17) is 0 Å². The number of carbonyl (C=O) groups is 1. The first-order chi connectivity index (χ1) is 9.08. The van der Waals surface area contributed by atoms with Gasteiger partial charge in [-0.25, -0.2) is 0 Å². The summed E-state index contributed by atoms with van der Waals surface area (Å²) in [5.74, 6) is -0.459. The lowest BCUT2D eigenvalue weighted by Crippen LogP contribution is -2.33. The number of hydrogen-bond acceptors (Lipinski definition) is 3. The Morgan fingerprint density at radius 1 is 1.42 bits per heavy atom. The van der Waals surface area contributed by atoms with Gasteiger partial charge in [0.25, 0.3) is 5.91 Å². The Morgan fingerprint density at radius 2 is 2.11 bits per heavy atom. The molecule has 0 aromatic heterocycles. The van der Waals surface area contributed by atoms with Crippen LogP contribution in [0.2, 0.25) is 0 Å². The van der Waals surface area contributed by atoms with Gasteiger partial charge in [-0.15, -0.1) is 0 Å². The third-order valence-electron chi connectivity index (χ3n) is 2.99. The number of para-hydroxylation sites is 1. The second kappa shape index (κ2) is 5.97. The second-order valence-electron chi connectivity index (χ2n) is 4.49. The monoisotopic (exact) mass is 271 g/mol. The molecule has 2 N–H and O–H groups in total.